The zero-order valence-corrected chi connectivity index (χ0v) is 9.72. The van der Waals surface area contributed by atoms with Gasteiger partial charge in [0.25, 0.3) is 0 Å². The third-order valence-electron chi connectivity index (χ3n) is 3.22. The zero-order valence-electron chi connectivity index (χ0n) is 9.72. The molecule has 78 valence electrons. The second-order valence-electron chi connectivity index (χ2n) is 4.55. The van der Waals surface area contributed by atoms with E-state index in [1.54, 1.807) is 5.57 Å². The molecule has 0 saturated heterocycles. The van der Waals surface area contributed by atoms with E-state index in [0.717, 1.165) is 0 Å². The van der Waals surface area contributed by atoms with Gasteiger partial charge in [-0.3, -0.25) is 0 Å². The lowest BCUT2D eigenvalue weighted by Crippen LogP contribution is -2.08. The van der Waals surface area contributed by atoms with Gasteiger partial charge >= 0.3 is 0 Å². The first-order valence-corrected chi connectivity index (χ1v) is 5.47. The van der Waals surface area contributed by atoms with Crippen LogP contribution in [0.15, 0.2) is 22.8 Å². The Balaban J connectivity index is 2.90. The summed E-state index contributed by atoms with van der Waals surface area (Å²) in [4.78, 5) is 0. The molecule has 1 saturated carbocycles. The Kier molecular flexibility index (Phi) is 3.68. The van der Waals surface area contributed by atoms with E-state index in [0.29, 0.717) is 11.8 Å². The average Bonchev–Trinajstić information content (AvgIpc) is 2.95. The Morgan fingerprint density at radius 2 is 1.86 bits per heavy atom. The Bertz CT molecular complexity index is 276. The number of hydrogen-bond donors (Lipinski definition) is 1. The molecule has 0 aromatic rings. The van der Waals surface area contributed by atoms with Gasteiger partial charge in [-0.05, 0) is 48.8 Å². The van der Waals surface area contributed by atoms with Gasteiger partial charge in [-0.15, -0.1) is 0 Å². The van der Waals surface area contributed by atoms with Crippen molar-refractivity contribution in [2.75, 3.05) is 0 Å². The summed E-state index contributed by atoms with van der Waals surface area (Å²) in [7, 11) is 0. The van der Waals surface area contributed by atoms with Crippen molar-refractivity contribution in [1.29, 1.82) is 5.41 Å². The first-order valence-electron chi connectivity index (χ1n) is 5.47. The molecule has 1 atom stereocenters. The van der Waals surface area contributed by atoms with E-state index in [-0.39, 0.29) is 0 Å². The third kappa shape index (κ3) is 2.57. The van der Waals surface area contributed by atoms with Crippen LogP contribution in [0.4, 0.5) is 0 Å². The Hall–Kier alpha value is -0.850. The van der Waals surface area contributed by atoms with E-state index < -0.39 is 0 Å². The number of rotatable bonds is 4. The summed E-state index contributed by atoms with van der Waals surface area (Å²) in [6.45, 7) is 8.95. The lowest BCUT2D eigenvalue weighted by atomic mass is 9.85. The highest BCUT2D eigenvalue weighted by Gasteiger charge is 2.21. The van der Waals surface area contributed by atoms with Crippen molar-refractivity contribution in [3.63, 3.8) is 0 Å². The SMILES string of the molecule is CC(=C1CC1)/C(=C/C=N)C(C)C(C)C. The van der Waals surface area contributed by atoms with Crippen LogP contribution in [-0.4, -0.2) is 6.21 Å². The molecule has 0 aromatic heterocycles. The molecule has 1 aliphatic rings. The molecule has 0 radical (unpaired) electrons. The van der Waals surface area contributed by atoms with Crippen LogP contribution in [-0.2, 0) is 0 Å². The lowest BCUT2D eigenvalue weighted by Gasteiger charge is -2.20. The van der Waals surface area contributed by atoms with E-state index in [4.69, 9.17) is 5.41 Å². The summed E-state index contributed by atoms with van der Waals surface area (Å²) >= 11 is 0. The van der Waals surface area contributed by atoms with Crippen LogP contribution in [0.3, 0.4) is 0 Å². The average molecular weight is 191 g/mol. The number of allylic oxidation sites excluding steroid dienone is 4. The molecular formula is C13H21N. The zero-order chi connectivity index (χ0) is 10.7. The molecule has 0 aromatic carbocycles. The van der Waals surface area contributed by atoms with Crippen LogP contribution in [0.2, 0.25) is 0 Å². The minimum absolute atomic E-state index is 0.560. The number of hydrogen-bond acceptors (Lipinski definition) is 1. The van der Waals surface area contributed by atoms with Gasteiger partial charge in [0.1, 0.15) is 0 Å². The predicted octanol–water partition coefficient (Wildman–Crippen LogP) is 3.96. The fraction of sp³-hybridized carbons (Fsp3) is 0.615. The fourth-order valence-electron chi connectivity index (χ4n) is 1.71. The highest BCUT2D eigenvalue weighted by molar-refractivity contribution is 5.71. The third-order valence-corrected chi connectivity index (χ3v) is 3.22. The summed E-state index contributed by atoms with van der Waals surface area (Å²) < 4.78 is 0. The van der Waals surface area contributed by atoms with Crippen LogP contribution in [0.5, 0.6) is 0 Å². The van der Waals surface area contributed by atoms with Crippen molar-refractivity contribution < 1.29 is 0 Å². The van der Waals surface area contributed by atoms with Crippen LogP contribution in [0.1, 0.15) is 40.5 Å². The van der Waals surface area contributed by atoms with Crippen molar-refractivity contribution in [1.82, 2.24) is 0 Å². The maximum Gasteiger partial charge on any atom is 0.0180 e. The number of nitrogens with one attached hydrogen (secondary N) is 1. The van der Waals surface area contributed by atoms with Gasteiger partial charge in [-0.25, -0.2) is 0 Å². The van der Waals surface area contributed by atoms with Crippen molar-refractivity contribution in [2.24, 2.45) is 11.8 Å². The molecule has 1 unspecified atom stereocenters. The Labute approximate surface area is 87.4 Å². The van der Waals surface area contributed by atoms with E-state index in [2.05, 4.69) is 27.7 Å². The van der Waals surface area contributed by atoms with E-state index in [9.17, 15) is 0 Å². The molecule has 1 rings (SSSR count). The van der Waals surface area contributed by atoms with Crippen molar-refractivity contribution in [2.45, 2.75) is 40.5 Å². The van der Waals surface area contributed by atoms with Crippen molar-refractivity contribution >= 4 is 6.21 Å². The normalized spacial score (nSPS) is 18.4. The van der Waals surface area contributed by atoms with Gasteiger partial charge in [-0.1, -0.05) is 26.3 Å². The molecule has 1 heteroatoms. The molecule has 1 aliphatic carbocycles. The first kappa shape index (κ1) is 11.2. The molecule has 0 spiro atoms. The molecule has 0 bridgehead atoms. The van der Waals surface area contributed by atoms with Gasteiger partial charge in [0, 0.05) is 6.21 Å². The minimum atomic E-state index is 0.560. The standard InChI is InChI=1S/C13H21N/c1-9(2)10(3)13(7-8-14)11(4)12-5-6-12/h7-10,14H,5-6H2,1-4H3/b13-7+,14-8?. The van der Waals surface area contributed by atoms with Crippen molar-refractivity contribution in [3.05, 3.63) is 22.8 Å². The second kappa shape index (κ2) is 4.59. The van der Waals surface area contributed by atoms with E-state index in [1.807, 2.05) is 6.08 Å². The molecule has 0 amide bonds. The van der Waals surface area contributed by atoms with E-state index >= 15 is 0 Å². The maximum atomic E-state index is 7.20. The molecule has 1 N–H and O–H groups in total. The summed E-state index contributed by atoms with van der Waals surface area (Å²) in [5.41, 5.74) is 4.39. The Morgan fingerprint density at radius 1 is 1.29 bits per heavy atom. The molecular weight excluding hydrogens is 170 g/mol. The van der Waals surface area contributed by atoms with Crippen LogP contribution < -0.4 is 0 Å². The summed E-state index contributed by atoms with van der Waals surface area (Å²) in [5.74, 6) is 1.21. The smallest absolute Gasteiger partial charge is 0.0180 e. The van der Waals surface area contributed by atoms with Gasteiger partial charge in [-0.2, -0.15) is 0 Å². The second-order valence-corrected chi connectivity index (χ2v) is 4.55. The van der Waals surface area contributed by atoms with Crippen LogP contribution in [0, 0.1) is 17.2 Å². The summed E-state index contributed by atoms with van der Waals surface area (Å²) in [5, 5.41) is 7.20. The largest absolute Gasteiger partial charge is 0.309 e. The predicted molar refractivity (Wildman–Crippen MR) is 62.8 cm³/mol. The Morgan fingerprint density at radius 3 is 2.21 bits per heavy atom. The maximum absolute atomic E-state index is 7.20. The van der Waals surface area contributed by atoms with Crippen LogP contribution in [0.25, 0.3) is 0 Å². The molecule has 0 aliphatic heterocycles. The summed E-state index contributed by atoms with van der Waals surface area (Å²) in [6.07, 6.45) is 5.92. The molecule has 0 heterocycles. The molecule has 1 fully saturated rings. The molecule has 14 heavy (non-hydrogen) atoms. The quantitative estimate of drug-likeness (QED) is 0.650. The van der Waals surface area contributed by atoms with Gasteiger partial charge in [0.05, 0.1) is 0 Å². The van der Waals surface area contributed by atoms with Gasteiger partial charge in [0.2, 0.25) is 0 Å². The topological polar surface area (TPSA) is 23.9 Å². The van der Waals surface area contributed by atoms with Crippen LogP contribution >= 0.6 is 0 Å². The van der Waals surface area contributed by atoms with Crippen molar-refractivity contribution in [3.8, 4) is 0 Å². The van der Waals surface area contributed by atoms with Gasteiger partial charge < -0.3 is 5.41 Å². The monoisotopic (exact) mass is 191 g/mol. The minimum Gasteiger partial charge on any atom is -0.309 e. The first-order chi connectivity index (χ1) is 6.57. The van der Waals surface area contributed by atoms with Gasteiger partial charge in [0.15, 0.2) is 0 Å². The van der Waals surface area contributed by atoms with E-state index in [1.165, 1.54) is 30.2 Å². The highest BCUT2D eigenvalue weighted by atomic mass is 14.3. The fourth-order valence-corrected chi connectivity index (χ4v) is 1.71. The molecule has 1 nitrogen and oxygen atoms in total. The lowest BCUT2D eigenvalue weighted by molar-refractivity contribution is 0.484. The summed E-state index contributed by atoms with van der Waals surface area (Å²) in [6, 6.07) is 0. The highest BCUT2D eigenvalue weighted by Crippen LogP contribution is 2.37.